The van der Waals surface area contributed by atoms with Gasteiger partial charge in [-0.1, -0.05) is 23.8 Å². The summed E-state index contributed by atoms with van der Waals surface area (Å²) < 4.78 is 11.5. The molecule has 2 nitrogen and oxygen atoms in total. The van der Waals surface area contributed by atoms with E-state index in [1.807, 2.05) is 19.1 Å². The lowest BCUT2D eigenvalue weighted by Gasteiger charge is -1.99. The number of pyridine rings is 1. The maximum absolute atomic E-state index is 11.5. The Morgan fingerprint density at radius 3 is 3.08 bits per heavy atom. The van der Waals surface area contributed by atoms with Gasteiger partial charge in [-0.05, 0) is 19.1 Å². The van der Waals surface area contributed by atoms with Gasteiger partial charge in [-0.3, -0.25) is 4.21 Å². The number of hydrogen-bond donors (Lipinski definition) is 0. The van der Waals surface area contributed by atoms with Crippen LogP contribution in [-0.2, 0) is 10.8 Å². The van der Waals surface area contributed by atoms with E-state index >= 15 is 0 Å². The highest BCUT2D eigenvalue weighted by atomic mass is 35.5. The zero-order valence-corrected chi connectivity index (χ0v) is 8.81. The van der Waals surface area contributed by atoms with Gasteiger partial charge in [0.05, 0.1) is 15.8 Å². The third kappa shape index (κ3) is 2.94. The van der Waals surface area contributed by atoms with E-state index in [-0.39, 0.29) is 0 Å². The number of halogens is 1. The average Bonchev–Trinajstić information content (AvgIpc) is 2.15. The Labute approximate surface area is 85.1 Å². The van der Waals surface area contributed by atoms with Crippen LogP contribution in [-0.4, -0.2) is 14.9 Å². The molecule has 0 fully saturated rings. The van der Waals surface area contributed by atoms with Gasteiger partial charge in [0.25, 0.3) is 0 Å². The standard InChI is InChI=1S/C9H10ClNOS/c1-2-3-7-13(12)9-8(10)5-4-6-11-9/h2-6H,7H2,1H3/b3-2+. The van der Waals surface area contributed by atoms with Crippen LogP contribution in [0, 0.1) is 0 Å². The van der Waals surface area contributed by atoms with Crippen LogP contribution in [0.3, 0.4) is 0 Å². The van der Waals surface area contributed by atoms with Crippen LogP contribution in [0.25, 0.3) is 0 Å². The minimum atomic E-state index is -1.12. The molecule has 0 N–H and O–H groups in total. The van der Waals surface area contributed by atoms with Crippen molar-refractivity contribution in [2.45, 2.75) is 11.9 Å². The molecule has 0 spiro atoms. The van der Waals surface area contributed by atoms with Gasteiger partial charge in [-0.15, -0.1) is 0 Å². The van der Waals surface area contributed by atoms with Crippen molar-refractivity contribution in [2.24, 2.45) is 0 Å². The largest absolute Gasteiger partial charge is 0.252 e. The summed E-state index contributed by atoms with van der Waals surface area (Å²) in [5, 5.41) is 0.924. The van der Waals surface area contributed by atoms with E-state index in [9.17, 15) is 4.21 Å². The van der Waals surface area contributed by atoms with Gasteiger partial charge >= 0.3 is 0 Å². The fourth-order valence-electron chi connectivity index (χ4n) is 0.801. The number of nitrogens with zero attached hydrogens (tertiary/aromatic N) is 1. The highest BCUT2D eigenvalue weighted by Gasteiger charge is 2.06. The molecule has 1 aromatic rings. The Morgan fingerprint density at radius 2 is 2.46 bits per heavy atom. The van der Waals surface area contributed by atoms with Gasteiger partial charge in [0.15, 0.2) is 0 Å². The first-order chi connectivity index (χ1) is 6.25. The number of rotatable bonds is 3. The zero-order valence-electron chi connectivity index (χ0n) is 7.24. The van der Waals surface area contributed by atoms with Gasteiger partial charge < -0.3 is 0 Å². The lowest BCUT2D eigenvalue weighted by atomic mass is 10.5. The van der Waals surface area contributed by atoms with Crippen LogP contribution < -0.4 is 0 Å². The summed E-state index contributed by atoms with van der Waals surface area (Å²) in [7, 11) is -1.12. The van der Waals surface area contributed by atoms with E-state index in [1.54, 1.807) is 18.3 Å². The molecule has 0 radical (unpaired) electrons. The Kier molecular flexibility index (Phi) is 4.12. The molecule has 0 aliphatic heterocycles. The fourth-order valence-corrected chi connectivity index (χ4v) is 2.17. The van der Waals surface area contributed by atoms with Gasteiger partial charge in [-0.2, -0.15) is 0 Å². The molecule has 1 heterocycles. The minimum Gasteiger partial charge on any atom is -0.252 e. The van der Waals surface area contributed by atoms with Gasteiger partial charge in [0.2, 0.25) is 0 Å². The molecule has 0 aliphatic carbocycles. The molecule has 1 rings (SSSR count). The van der Waals surface area contributed by atoms with Crippen molar-refractivity contribution in [3.05, 3.63) is 35.5 Å². The van der Waals surface area contributed by atoms with Crippen LogP contribution in [0.1, 0.15) is 6.92 Å². The molecule has 1 unspecified atom stereocenters. The molecule has 4 heteroatoms. The third-order valence-corrected chi connectivity index (χ3v) is 3.09. The van der Waals surface area contributed by atoms with Crippen LogP contribution in [0.2, 0.25) is 5.02 Å². The Hall–Kier alpha value is -0.670. The average molecular weight is 216 g/mol. The molecular formula is C9H10ClNOS. The summed E-state index contributed by atoms with van der Waals surface area (Å²) in [5.74, 6) is 0.466. The van der Waals surface area contributed by atoms with Gasteiger partial charge in [0.1, 0.15) is 5.03 Å². The van der Waals surface area contributed by atoms with E-state index in [0.29, 0.717) is 15.8 Å². The summed E-state index contributed by atoms with van der Waals surface area (Å²) in [6, 6.07) is 3.41. The molecule has 0 bridgehead atoms. The predicted molar refractivity (Wildman–Crippen MR) is 55.3 cm³/mol. The maximum atomic E-state index is 11.5. The minimum absolute atomic E-state index is 0.460. The molecule has 0 aliphatic rings. The van der Waals surface area contributed by atoms with Crippen LogP contribution in [0.5, 0.6) is 0 Å². The third-order valence-electron chi connectivity index (χ3n) is 1.42. The molecular weight excluding hydrogens is 206 g/mol. The van der Waals surface area contributed by atoms with E-state index in [1.165, 1.54) is 0 Å². The number of allylic oxidation sites excluding steroid dienone is 1. The Morgan fingerprint density at radius 1 is 1.69 bits per heavy atom. The first-order valence-corrected chi connectivity index (χ1v) is 5.55. The smallest absolute Gasteiger partial charge is 0.146 e. The zero-order chi connectivity index (χ0) is 9.68. The van der Waals surface area contributed by atoms with Crippen molar-refractivity contribution in [3.63, 3.8) is 0 Å². The van der Waals surface area contributed by atoms with E-state index < -0.39 is 10.8 Å². The highest BCUT2D eigenvalue weighted by molar-refractivity contribution is 7.85. The lowest BCUT2D eigenvalue weighted by Crippen LogP contribution is -1.98. The molecule has 70 valence electrons. The maximum Gasteiger partial charge on any atom is 0.146 e. The molecule has 1 aromatic heterocycles. The second kappa shape index (κ2) is 5.14. The second-order valence-electron chi connectivity index (χ2n) is 2.37. The molecule has 13 heavy (non-hydrogen) atoms. The second-order valence-corrected chi connectivity index (χ2v) is 4.19. The fraction of sp³-hybridized carbons (Fsp3) is 0.222. The topological polar surface area (TPSA) is 30.0 Å². The highest BCUT2D eigenvalue weighted by Crippen LogP contribution is 2.15. The molecule has 0 amide bonds. The van der Waals surface area contributed by atoms with Crippen LogP contribution in [0.15, 0.2) is 35.5 Å². The lowest BCUT2D eigenvalue weighted by molar-refractivity contribution is 0.682. The SMILES string of the molecule is C/C=C/CS(=O)c1ncccc1Cl. The summed E-state index contributed by atoms with van der Waals surface area (Å²) >= 11 is 5.82. The van der Waals surface area contributed by atoms with Crippen molar-refractivity contribution < 1.29 is 4.21 Å². The number of hydrogen-bond acceptors (Lipinski definition) is 2. The van der Waals surface area contributed by atoms with E-state index in [4.69, 9.17) is 11.6 Å². The van der Waals surface area contributed by atoms with Crippen molar-refractivity contribution in [1.82, 2.24) is 4.98 Å². The monoisotopic (exact) mass is 215 g/mol. The first kappa shape index (κ1) is 10.4. The normalized spacial score (nSPS) is 13.4. The quantitative estimate of drug-likeness (QED) is 0.725. The van der Waals surface area contributed by atoms with Gasteiger partial charge in [-0.25, -0.2) is 4.98 Å². The molecule has 0 saturated heterocycles. The Balaban J connectivity index is 2.83. The van der Waals surface area contributed by atoms with Crippen molar-refractivity contribution >= 4 is 22.4 Å². The van der Waals surface area contributed by atoms with Crippen molar-refractivity contribution in [2.75, 3.05) is 5.75 Å². The Bertz CT molecular complexity index is 338. The van der Waals surface area contributed by atoms with Crippen molar-refractivity contribution in [3.8, 4) is 0 Å². The van der Waals surface area contributed by atoms with E-state index in [2.05, 4.69) is 4.98 Å². The first-order valence-electron chi connectivity index (χ1n) is 3.85. The summed E-state index contributed by atoms with van der Waals surface area (Å²) in [4.78, 5) is 3.97. The summed E-state index contributed by atoms with van der Waals surface area (Å²) in [6.07, 6.45) is 5.28. The summed E-state index contributed by atoms with van der Waals surface area (Å²) in [5.41, 5.74) is 0. The molecule has 0 saturated carbocycles. The molecule has 0 aromatic carbocycles. The van der Waals surface area contributed by atoms with Crippen LogP contribution in [0.4, 0.5) is 0 Å². The number of aromatic nitrogens is 1. The summed E-state index contributed by atoms with van der Waals surface area (Å²) in [6.45, 7) is 1.89. The van der Waals surface area contributed by atoms with Crippen molar-refractivity contribution in [1.29, 1.82) is 0 Å². The van der Waals surface area contributed by atoms with Crippen LogP contribution >= 0.6 is 11.6 Å². The van der Waals surface area contributed by atoms with E-state index in [0.717, 1.165) is 0 Å². The van der Waals surface area contributed by atoms with Gasteiger partial charge in [0, 0.05) is 11.9 Å². The predicted octanol–water partition coefficient (Wildman–Crippen LogP) is 2.42. The molecule has 1 atom stereocenters.